The molecule has 1 aliphatic carbocycles. The van der Waals surface area contributed by atoms with Crippen molar-refractivity contribution in [2.45, 2.75) is 37.8 Å². The molecule has 1 amide bonds. The van der Waals surface area contributed by atoms with Crippen LogP contribution in [0.1, 0.15) is 42.5 Å². The number of rotatable bonds is 10. The van der Waals surface area contributed by atoms with E-state index in [4.69, 9.17) is 9.47 Å². The Morgan fingerprint density at radius 2 is 1.93 bits per heavy atom. The quantitative estimate of drug-likeness (QED) is 0.477. The second-order valence-corrected chi connectivity index (χ2v) is 6.94. The zero-order valence-corrected chi connectivity index (χ0v) is 16.9. The molecular formula is C22H26N4O4. The van der Waals surface area contributed by atoms with Gasteiger partial charge in [0, 0.05) is 12.5 Å². The summed E-state index contributed by atoms with van der Waals surface area (Å²) < 4.78 is 11.7. The topological polar surface area (TPSA) is 95.3 Å². The van der Waals surface area contributed by atoms with E-state index in [1.807, 2.05) is 54.6 Å². The Morgan fingerprint density at radius 1 is 1.17 bits per heavy atom. The highest BCUT2D eigenvalue weighted by Gasteiger charge is 2.23. The number of carbonyl (C=O) groups excluding carboxylic acids is 2. The summed E-state index contributed by atoms with van der Waals surface area (Å²) in [5.41, 5.74) is 1.72. The highest BCUT2D eigenvalue weighted by Crippen LogP contribution is 2.23. The first kappa shape index (κ1) is 21.3. The first-order valence-corrected chi connectivity index (χ1v) is 9.96. The molecule has 0 radical (unpaired) electrons. The van der Waals surface area contributed by atoms with Crippen molar-refractivity contribution in [2.24, 2.45) is 0 Å². The van der Waals surface area contributed by atoms with Gasteiger partial charge in [0.05, 0.1) is 19.0 Å². The first-order chi connectivity index (χ1) is 14.7. The molecule has 8 heteroatoms. The zero-order chi connectivity index (χ0) is 21.2. The molecule has 0 bridgehead atoms. The van der Waals surface area contributed by atoms with E-state index in [1.54, 1.807) is 10.9 Å². The first-order valence-electron chi connectivity index (χ1n) is 9.96. The number of methoxy groups -OCH3 is 1. The fourth-order valence-corrected chi connectivity index (χ4v) is 3.15. The van der Waals surface area contributed by atoms with Crippen LogP contribution in [0.25, 0.3) is 0 Å². The molecule has 1 N–H and O–H groups in total. The number of amides is 1. The van der Waals surface area contributed by atoms with Gasteiger partial charge in [-0.2, -0.15) is 0 Å². The number of allylic oxidation sites excluding steroid dienone is 4. The third-order valence-electron chi connectivity index (χ3n) is 4.80. The van der Waals surface area contributed by atoms with Crippen LogP contribution >= 0.6 is 0 Å². The van der Waals surface area contributed by atoms with Crippen molar-refractivity contribution in [2.75, 3.05) is 13.7 Å². The number of hydrogen-bond acceptors (Lipinski definition) is 6. The van der Waals surface area contributed by atoms with Gasteiger partial charge in [0.25, 0.3) is 0 Å². The molecule has 0 fully saturated rings. The van der Waals surface area contributed by atoms with E-state index in [-0.39, 0.29) is 18.5 Å². The second-order valence-electron chi connectivity index (χ2n) is 6.94. The predicted octanol–water partition coefficient (Wildman–Crippen LogP) is 3.30. The standard InChI is InChI=1S/C22H26N4O4/c1-29-21(27)20(26-15-19(24-25-26)18-11-5-6-12-18)13-7-8-14-23-22(28)30-16-17-9-3-2-4-10-17/h2-6,9-12,15,18,20H,7-8,13-14,16H2,1H3,(H,23,28)/t20-/m0/s1. The molecule has 1 heterocycles. The highest BCUT2D eigenvalue weighted by molar-refractivity contribution is 5.73. The number of carbonyl (C=O) groups is 2. The minimum absolute atomic E-state index is 0.0862. The maximum absolute atomic E-state index is 12.2. The number of unbranched alkanes of at least 4 members (excludes halogenated alkanes) is 1. The average Bonchev–Trinajstić information content (AvgIpc) is 3.47. The van der Waals surface area contributed by atoms with Crippen LogP contribution in [-0.4, -0.2) is 40.7 Å². The summed E-state index contributed by atoms with van der Waals surface area (Å²) in [5, 5.41) is 11.0. The summed E-state index contributed by atoms with van der Waals surface area (Å²) in [6.45, 7) is 0.693. The summed E-state index contributed by atoms with van der Waals surface area (Å²) in [7, 11) is 1.36. The molecule has 0 aliphatic heterocycles. The normalized spacial score (nSPS) is 13.9. The summed E-state index contributed by atoms with van der Waals surface area (Å²) in [5.74, 6) is -0.276. The van der Waals surface area contributed by atoms with E-state index in [0.717, 1.165) is 11.3 Å². The Labute approximate surface area is 175 Å². The molecule has 0 saturated heterocycles. The molecule has 3 rings (SSSR count). The van der Waals surface area contributed by atoms with Crippen LogP contribution in [0.5, 0.6) is 0 Å². The SMILES string of the molecule is COC(=O)[C@H](CCCCNC(=O)OCc1ccccc1)n1cc(C2C=CC=C2)nn1. The zero-order valence-electron chi connectivity index (χ0n) is 16.9. The van der Waals surface area contributed by atoms with Crippen molar-refractivity contribution in [3.8, 4) is 0 Å². The lowest BCUT2D eigenvalue weighted by Crippen LogP contribution is -2.26. The minimum atomic E-state index is -0.546. The van der Waals surface area contributed by atoms with Gasteiger partial charge < -0.3 is 14.8 Å². The number of nitrogens with zero attached hydrogens (tertiary/aromatic N) is 3. The van der Waals surface area contributed by atoms with Crippen LogP contribution in [0.2, 0.25) is 0 Å². The smallest absolute Gasteiger partial charge is 0.407 e. The fraction of sp³-hybridized carbons (Fsp3) is 0.364. The van der Waals surface area contributed by atoms with Crippen molar-refractivity contribution >= 4 is 12.1 Å². The molecule has 30 heavy (non-hydrogen) atoms. The van der Waals surface area contributed by atoms with Crippen LogP contribution in [0.3, 0.4) is 0 Å². The average molecular weight is 410 g/mol. The molecule has 1 aromatic heterocycles. The van der Waals surface area contributed by atoms with Crippen LogP contribution < -0.4 is 5.32 Å². The lowest BCUT2D eigenvalue weighted by atomic mass is 10.1. The Balaban J connectivity index is 1.41. The van der Waals surface area contributed by atoms with E-state index in [2.05, 4.69) is 15.6 Å². The summed E-state index contributed by atoms with van der Waals surface area (Å²) in [6, 6.07) is 8.95. The lowest BCUT2D eigenvalue weighted by molar-refractivity contribution is -0.145. The van der Waals surface area contributed by atoms with E-state index in [9.17, 15) is 9.59 Å². The van der Waals surface area contributed by atoms with Crippen molar-refractivity contribution in [1.82, 2.24) is 20.3 Å². The fourth-order valence-electron chi connectivity index (χ4n) is 3.15. The molecule has 0 unspecified atom stereocenters. The Kier molecular flexibility index (Phi) is 7.77. The van der Waals surface area contributed by atoms with Gasteiger partial charge in [-0.25, -0.2) is 14.3 Å². The van der Waals surface area contributed by atoms with E-state index in [1.165, 1.54) is 7.11 Å². The van der Waals surface area contributed by atoms with Gasteiger partial charge in [-0.05, 0) is 24.8 Å². The van der Waals surface area contributed by atoms with E-state index >= 15 is 0 Å². The minimum Gasteiger partial charge on any atom is -0.467 e. The molecule has 0 saturated carbocycles. The van der Waals surface area contributed by atoms with Crippen LogP contribution in [0.4, 0.5) is 4.79 Å². The number of nitrogens with one attached hydrogen (secondary N) is 1. The van der Waals surface area contributed by atoms with Crippen LogP contribution in [0, 0.1) is 0 Å². The van der Waals surface area contributed by atoms with Gasteiger partial charge in [0.15, 0.2) is 6.04 Å². The van der Waals surface area contributed by atoms with Crippen LogP contribution in [-0.2, 0) is 20.9 Å². The second kappa shape index (κ2) is 10.9. The van der Waals surface area contributed by atoms with Gasteiger partial charge in [-0.15, -0.1) is 5.10 Å². The lowest BCUT2D eigenvalue weighted by Gasteiger charge is -2.14. The monoisotopic (exact) mass is 410 g/mol. The third kappa shape index (κ3) is 6.04. The Bertz CT molecular complexity index is 880. The maximum Gasteiger partial charge on any atom is 0.407 e. The van der Waals surface area contributed by atoms with Gasteiger partial charge in [-0.1, -0.05) is 59.8 Å². The highest BCUT2D eigenvalue weighted by atomic mass is 16.5. The van der Waals surface area contributed by atoms with Crippen LogP contribution in [0.15, 0.2) is 60.8 Å². The number of esters is 1. The Morgan fingerprint density at radius 3 is 2.67 bits per heavy atom. The van der Waals surface area contributed by atoms with E-state index < -0.39 is 12.1 Å². The van der Waals surface area contributed by atoms with Gasteiger partial charge >= 0.3 is 12.1 Å². The van der Waals surface area contributed by atoms with Crippen molar-refractivity contribution in [1.29, 1.82) is 0 Å². The van der Waals surface area contributed by atoms with Crippen molar-refractivity contribution < 1.29 is 19.1 Å². The number of aromatic nitrogens is 3. The number of benzene rings is 1. The molecule has 1 atom stereocenters. The number of hydrogen-bond donors (Lipinski definition) is 1. The summed E-state index contributed by atoms with van der Waals surface area (Å²) >= 11 is 0. The molecular weight excluding hydrogens is 384 g/mol. The predicted molar refractivity (Wildman–Crippen MR) is 111 cm³/mol. The Hall–Kier alpha value is -3.42. The number of alkyl carbamates (subject to hydrolysis) is 1. The van der Waals surface area contributed by atoms with E-state index in [0.29, 0.717) is 25.8 Å². The third-order valence-corrected chi connectivity index (χ3v) is 4.80. The van der Waals surface area contributed by atoms with Crippen molar-refractivity contribution in [3.05, 3.63) is 72.1 Å². The largest absolute Gasteiger partial charge is 0.467 e. The maximum atomic E-state index is 12.2. The summed E-state index contributed by atoms with van der Waals surface area (Å²) in [6.07, 6.45) is 11.2. The number of ether oxygens (including phenoxy) is 2. The van der Waals surface area contributed by atoms with Gasteiger partial charge in [0.2, 0.25) is 0 Å². The molecule has 1 aliphatic rings. The van der Waals surface area contributed by atoms with Crippen molar-refractivity contribution in [3.63, 3.8) is 0 Å². The molecule has 2 aromatic rings. The molecule has 0 spiro atoms. The summed E-state index contributed by atoms with van der Waals surface area (Å²) in [4.78, 5) is 24.0. The van der Waals surface area contributed by atoms with Gasteiger partial charge in [0.1, 0.15) is 6.61 Å². The molecule has 1 aromatic carbocycles. The molecule has 8 nitrogen and oxygen atoms in total. The van der Waals surface area contributed by atoms with Gasteiger partial charge in [-0.3, -0.25) is 0 Å². The molecule has 158 valence electrons.